The van der Waals surface area contributed by atoms with E-state index >= 15 is 0 Å². The lowest BCUT2D eigenvalue weighted by Crippen LogP contribution is -1.92. The zero-order valence-electron chi connectivity index (χ0n) is 7.49. The molecule has 0 bridgehead atoms. The predicted molar refractivity (Wildman–Crippen MR) is 53.3 cm³/mol. The maximum absolute atomic E-state index is 5.54. The van der Waals surface area contributed by atoms with Crippen molar-refractivity contribution in [1.29, 1.82) is 0 Å². The molecule has 2 heterocycles. The Balaban J connectivity index is 2.66. The summed E-state index contributed by atoms with van der Waals surface area (Å²) in [7, 11) is 0. The van der Waals surface area contributed by atoms with Crippen LogP contribution in [0.5, 0.6) is 0 Å². The molecular weight excluding hydrogens is 162 g/mol. The molecule has 0 amide bonds. The number of hydrogen-bond acceptors (Lipinski definition) is 3. The van der Waals surface area contributed by atoms with Crippen molar-refractivity contribution in [3.8, 4) is 0 Å². The first-order valence-corrected chi connectivity index (χ1v) is 4.31. The molecule has 0 unspecified atom stereocenters. The summed E-state index contributed by atoms with van der Waals surface area (Å²) in [4.78, 5) is 8.34. The molecule has 0 aliphatic carbocycles. The Kier molecular flexibility index (Phi) is 1.85. The van der Waals surface area contributed by atoms with Crippen LogP contribution in [-0.2, 0) is 6.42 Å². The van der Waals surface area contributed by atoms with E-state index in [1.807, 2.05) is 12.3 Å². The molecule has 0 radical (unpaired) electrons. The molecule has 2 rings (SSSR count). The standard InChI is InChI=1S/C10H11N3/c1-2-7-5-8-3-4-9(11)13-10(8)12-6-7/h3-6H,2H2,1H3,(H2,11,12,13). The maximum atomic E-state index is 5.54. The number of nitrogens with zero attached hydrogens (tertiary/aromatic N) is 2. The number of fused-ring (bicyclic) bond motifs is 1. The third-order valence-electron chi connectivity index (χ3n) is 2.03. The summed E-state index contributed by atoms with van der Waals surface area (Å²) in [5, 5.41) is 1.05. The molecule has 0 saturated carbocycles. The first-order valence-electron chi connectivity index (χ1n) is 4.31. The van der Waals surface area contributed by atoms with Crippen LogP contribution >= 0.6 is 0 Å². The number of aromatic nitrogens is 2. The predicted octanol–water partition coefficient (Wildman–Crippen LogP) is 1.77. The lowest BCUT2D eigenvalue weighted by atomic mass is 10.2. The van der Waals surface area contributed by atoms with Gasteiger partial charge in [0.25, 0.3) is 0 Å². The topological polar surface area (TPSA) is 51.8 Å². The average molecular weight is 173 g/mol. The minimum absolute atomic E-state index is 0.518. The van der Waals surface area contributed by atoms with E-state index in [1.54, 1.807) is 6.07 Å². The zero-order valence-corrected chi connectivity index (χ0v) is 7.49. The Morgan fingerprint density at radius 1 is 1.38 bits per heavy atom. The second-order valence-corrected chi connectivity index (χ2v) is 2.98. The number of hydrogen-bond donors (Lipinski definition) is 1. The van der Waals surface area contributed by atoms with Crippen molar-refractivity contribution in [1.82, 2.24) is 9.97 Å². The van der Waals surface area contributed by atoms with Gasteiger partial charge in [0, 0.05) is 11.6 Å². The van der Waals surface area contributed by atoms with Crippen LogP contribution in [0.4, 0.5) is 5.82 Å². The molecule has 2 aromatic heterocycles. The van der Waals surface area contributed by atoms with Crippen molar-refractivity contribution < 1.29 is 0 Å². The number of anilines is 1. The highest BCUT2D eigenvalue weighted by Gasteiger charge is 1.97. The van der Waals surface area contributed by atoms with Gasteiger partial charge in [0.15, 0.2) is 5.65 Å². The molecule has 0 aromatic carbocycles. The van der Waals surface area contributed by atoms with Crippen LogP contribution in [0, 0.1) is 0 Å². The number of rotatable bonds is 1. The van der Waals surface area contributed by atoms with Gasteiger partial charge in [-0.05, 0) is 30.2 Å². The molecule has 0 aliphatic heterocycles. The van der Waals surface area contributed by atoms with Gasteiger partial charge in [0.2, 0.25) is 0 Å². The first kappa shape index (κ1) is 7.98. The smallest absolute Gasteiger partial charge is 0.161 e. The number of aryl methyl sites for hydroxylation is 1. The molecule has 2 N–H and O–H groups in total. The largest absolute Gasteiger partial charge is 0.384 e. The van der Waals surface area contributed by atoms with Crippen LogP contribution in [-0.4, -0.2) is 9.97 Å². The van der Waals surface area contributed by atoms with Gasteiger partial charge >= 0.3 is 0 Å². The van der Waals surface area contributed by atoms with Crippen LogP contribution in [0.2, 0.25) is 0 Å². The molecule has 0 saturated heterocycles. The summed E-state index contributed by atoms with van der Waals surface area (Å²) >= 11 is 0. The summed E-state index contributed by atoms with van der Waals surface area (Å²) in [6, 6.07) is 5.84. The molecule has 0 fully saturated rings. The Labute approximate surface area is 76.6 Å². The fraction of sp³-hybridized carbons (Fsp3) is 0.200. The van der Waals surface area contributed by atoms with E-state index in [0.29, 0.717) is 5.82 Å². The van der Waals surface area contributed by atoms with E-state index in [0.717, 1.165) is 17.5 Å². The fourth-order valence-corrected chi connectivity index (χ4v) is 1.26. The van der Waals surface area contributed by atoms with Crippen molar-refractivity contribution in [2.75, 3.05) is 5.73 Å². The normalized spacial score (nSPS) is 10.5. The molecule has 3 nitrogen and oxygen atoms in total. The zero-order chi connectivity index (χ0) is 9.26. The van der Waals surface area contributed by atoms with Crippen molar-refractivity contribution in [2.24, 2.45) is 0 Å². The number of pyridine rings is 2. The minimum Gasteiger partial charge on any atom is -0.384 e. The van der Waals surface area contributed by atoms with Crippen LogP contribution < -0.4 is 5.73 Å². The quantitative estimate of drug-likeness (QED) is 0.715. The third-order valence-corrected chi connectivity index (χ3v) is 2.03. The molecule has 3 heteroatoms. The third kappa shape index (κ3) is 1.45. The maximum Gasteiger partial charge on any atom is 0.161 e. The van der Waals surface area contributed by atoms with Gasteiger partial charge in [-0.1, -0.05) is 6.92 Å². The summed E-state index contributed by atoms with van der Waals surface area (Å²) in [6.45, 7) is 2.10. The lowest BCUT2D eigenvalue weighted by molar-refractivity contribution is 1.11. The second kappa shape index (κ2) is 3.01. The average Bonchev–Trinajstić information content (AvgIpc) is 2.17. The molecule has 2 aromatic rings. The van der Waals surface area contributed by atoms with Crippen molar-refractivity contribution in [2.45, 2.75) is 13.3 Å². The molecule has 13 heavy (non-hydrogen) atoms. The monoisotopic (exact) mass is 173 g/mol. The van der Waals surface area contributed by atoms with Gasteiger partial charge in [-0.2, -0.15) is 0 Å². The highest BCUT2D eigenvalue weighted by molar-refractivity contribution is 5.76. The van der Waals surface area contributed by atoms with E-state index in [9.17, 15) is 0 Å². The SMILES string of the molecule is CCc1cnc2nc(N)ccc2c1. The molecular formula is C10H11N3. The number of nitrogens with two attached hydrogens (primary N) is 1. The van der Waals surface area contributed by atoms with Gasteiger partial charge in [0.1, 0.15) is 5.82 Å². The van der Waals surface area contributed by atoms with Gasteiger partial charge < -0.3 is 5.73 Å². The highest BCUT2D eigenvalue weighted by atomic mass is 14.9. The summed E-state index contributed by atoms with van der Waals surface area (Å²) in [5.74, 6) is 0.518. The van der Waals surface area contributed by atoms with Crippen molar-refractivity contribution >= 4 is 16.9 Å². The van der Waals surface area contributed by atoms with E-state index < -0.39 is 0 Å². The Morgan fingerprint density at radius 3 is 3.00 bits per heavy atom. The van der Waals surface area contributed by atoms with E-state index in [4.69, 9.17) is 5.73 Å². The van der Waals surface area contributed by atoms with Crippen LogP contribution in [0.1, 0.15) is 12.5 Å². The molecule has 66 valence electrons. The minimum atomic E-state index is 0.518. The van der Waals surface area contributed by atoms with Gasteiger partial charge in [-0.3, -0.25) is 0 Å². The van der Waals surface area contributed by atoms with Crippen molar-refractivity contribution in [3.63, 3.8) is 0 Å². The van der Waals surface area contributed by atoms with E-state index in [1.165, 1.54) is 5.56 Å². The lowest BCUT2D eigenvalue weighted by Gasteiger charge is -1.99. The highest BCUT2D eigenvalue weighted by Crippen LogP contribution is 2.12. The summed E-state index contributed by atoms with van der Waals surface area (Å²) < 4.78 is 0. The van der Waals surface area contributed by atoms with Gasteiger partial charge in [-0.25, -0.2) is 9.97 Å². The van der Waals surface area contributed by atoms with Gasteiger partial charge in [-0.15, -0.1) is 0 Å². The van der Waals surface area contributed by atoms with Crippen LogP contribution in [0.3, 0.4) is 0 Å². The number of nitrogen functional groups attached to an aromatic ring is 1. The van der Waals surface area contributed by atoms with Crippen molar-refractivity contribution in [3.05, 3.63) is 30.0 Å². The fourth-order valence-electron chi connectivity index (χ4n) is 1.26. The second-order valence-electron chi connectivity index (χ2n) is 2.98. The summed E-state index contributed by atoms with van der Waals surface area (Å²) in [5.41, 5.74) is 7.48. The van der Waals surface area contributed by atoms with E-state index in [-0.39, 0.29) is 0 Å². The molecule has 0 spiro atoms. The van der Waals surface area contributed by atoms with Gasteiger partial charge in [0.05, 0.1) is 0 Å². The van der Waals surface area contributed by atoms with Crippen LogP contribution in [0.25, 0.3) is 11.0 Å². The van der Waals surface area contributed by atoms with Crippen LogP contribution in [0.15, 0.2) is 24.4 Å². The Bertz CT molecular complexity index is 437. The molecule has 0 aliphatic rings. The Hall–Kier alpha value is -1.64. The first-order chi connectivity index (χ1) is 6.29. The molecule has 0 atom stereocenters. The van der Waals surface area contributed by atoms with E-state index in [2.05, 4.69) is 23.0 Å². The summed E-state index contributed by atoms with van der Waals surface area (Å²) in [6.07, 6.45) is 2.84. The Morgan fingerprint density at radius 2 is 2.23 bits per heavy atom.